The number of benzene rings is 1. The molecule has 5 heteroatoms. The standard InChI is InChI=1S/C17H24FN3S/c1-4-13-9-21(14(5-2)8-19-13)11(3)12-6-15(18)17-16(7-12)22-10-20-17/h6-7,10-11,13-14,19H,4-5,8-9H2,1-3H3/t11?,13-,14+/m0/s1. The van der Waals surface area contributed by atoms with Crippen LogP contribution in [0.4, 0.5) is 4.39 Å². The minimum Gasteiger partial charge on any atom is -0.311 e. The fourth-order valence-corrected chi connectivity index (χ4v) is 4.13. The molecule has 2 heterocycles. The highest BCUT2D eigenvalue weighted by molar-refractivity contribution is 7.16. The zero-order valence-electron chi connectivity index (χ0n) is 13.5. The molecule has 0 bridgehead atoms. The fourth-order valence-electron chi connectivity index (χ4n) is 3.39. The third-order valence-corrected chi connectivity index (χ3v) is 5.67. The molecule has 0 amide bonds. The second-order valence-corrected chi connectivity index (χ2v) is 7.04. The molecular formula is C17H24FN3S. The van der Waals surface area contributed by atoms with E-state index in [0.717, 1.165) is 36.2 Å². The Bertz CT molecular complexity index is 642. The summed E-state index contributed by atoms with van der Waals surface area (Å²) >= 11 is 1.51. The van der Waals surface area contributed by atoms with Crippen molar-refractivity contribution < 1.29 is 4.39 Å². The third kappa shape index (κ3) is 2.90. The van der Waals surface area contributed by atoms with Crippen molar-refractivity contribution in [2.75, 3.05) is 13.1 Å². The van der Waals surface area contributed by atoms with E-state index in [9.17, 15) is 4.39 Å². The van der Waals surface area contributed by atoms with Crippen molar-refractivity contribution >= 4 is 21.6 Å². The van der Waals surface area contributed by atoms with Gasteiger partial charge in [-0.1, -0.05) is 13.8 Å². The largest absolute Gasteiger partial charge is 0.311 e. The van der Waals surface area contributed by atoms with Crippen LogP contribution in [-0.4, -0.2) is 35.1 Å². The van der Waals surface area contributed by atoms with Crippen LogP contribution in [-0.2, 0) is 0 Å². The molecule has 1 N–H and O–H groups in total. The number of hydrogen-bond acceptors (Lipinski definition) is 4. The molecule has 0 radical (unpaired) electrons. The van der Waals surface area contributed by atoms with Crippen LogP contribution in [0, 0.1) is 5.82 Å². The lowest BCUT2D eigenvalue weighted by Crippen LogP contribution is -2.56. The first-order valence-corrected chi connectivity index (χ1v) is 9.03. The molecule has 1 fully saturated rings. The second kappa shape index (κ2) is 6.60. The van der Waals surface area contributed by atoms with Crippen molar-refractivity contribution in [3.8, 4) is 0 Å². The fraction of sp³-hybridized carbons (Fsp3) is 0.588. The molecule has 1 aliphatic heterocycles. The molecule has 0 spiro atoms. The summed E-state index contributed by atoms with van der Waals surface area (Å²) in [6.07, 6.45) is 2.24. The van der Waals surface area contributed by atoms with Crippen LogP contribution in [0.2, 0.25) is 0 Å². The first-order valence-electron chi connectivity index (χ1n) is 8.15. The zero-order chi connectivity index (χ0) is 15.7. The van der Waals surface area contributed by atoms with Crippen LogP contribution in [0.15, 0.2) is 17.6 Å². The lowest BCUT2D eigenvalue weighted by molar-refractivity contribution is 0.0850. The molecule has 1 aromatic heterocycles. The van der Waals surface area contributed by atoms with Crippen molar-refractivity contribution in [1.29, 1.82) is 0 Å². The van der Waals surface area contributed by atoms with Gasteiger partial charge in [0.2, 0.25) is 0 Å². The maximum atomic E-state index is 14.2. The van der Waals surface area contributed by atoms with Gasteiger partial charge in [0, 0.05) is 31.2 Å². The van der Waals surface area contributed by atoms with Crippen molar-refractivity contribution in [1.82, 2.24) is 15.2 Å². The highest BCUT2D eigenvalue weighted by Gasteiger charge is 2.30. The monoisotopic (exact) mass is 321 g/mol. The Morgan fingerprint density at radius 2 is 2.23 bits per heavy atom. The summed E-state index contributed by atoms with van der Waals surface area (Å²) in [5.41, 5.74) is 3.28. The molecule has 1 aromatic carbocycles. The van der Waals surface area contributed by atoms with Crippen LogP contribution in [0.3, 0.4) is 0 Å². The molecule has 1 saturated heterocycles. The van der Waals surface area contributed by atoms with E-state index in [-0.39, 0.29) is 11.9 Å². The van der Waals surface area contributed by atoms with Gasteiger partial charge in [-0.15, -0.1) is 11.3 Å². The number of aromatic nitrogens is 1. The SMILES string of the molecule is CC[C@H]1CN(C(C)c2cc(F)c3ncsc3c2)[C@H](CC)CN1. The molecule has 1 unspecified atom stereocenters. The van der Waals surface area contributed by atoms with E-state index in [1.54, 1.807) is 11.6 Å². The quantitative estimate of drug-likeness (QED) is 0.924. The van der Waals surface area contributed by atoms with Gasteiger partial charge in [0.1, 0.15) is 5.52 Å². The number of piperazine rings is 1. The van der Waals surface area contributed by atoms with Gasteiger partial charge in [0.05, 0.1) is 10.2 Å². The summed E-state index contributed by atoms with van der Waals surface area (Å²) in [5, 5.41) is 3.62. The van der Waals surface area contributed by atoms with E-state index in [0.29, 0.717) is 17.6 Å². The van der Waals surface area contributed by atoms with Gasteiger partial charge in [0.15, 0.2) is 5.82 Å². The molecule has 2 aromatic rings. The van der Waals surface area contributed by atoms with Crippen molar-refractivity contribution in [3.05, 3.63) is 29.0 Å². The molecule has 0 aliphatic carbocycles. The summed E-state index contributed by atoms with van der Waals surface area (Å²) in [6.45, 7) is 8.69. The predicted octanol–water partition coefficient (Wildman–Crippen LogP) is 3.96. The maximum Gasteiger partial charge on any atom is 0.150 e. The average Bonchev–Trinajstić information content (AvgIpc) is 3.02. The van der Waals surface area contributed by atoms with Gasteiger partial charge >= 0.3 is 0 Å². The van der Waals surface area contributed by atoms with Gasteiger partial charge < -0.3 is 5.32 Å². The van der Waals surface area contributed by atoms with Crippen LogP contribution in [0.1, 0.15) is 45.2 Å². The molecular weight excluding hydrogens is 297 g/mol. The van der Waals surface area contributed by atoms with Gasteiger partial charge in [-0.25, -0.2) is 9.37 Å². The number of nitrogens with zero attached hydrogens (tertiary/aromatic N) is 2. The first-order chi connectivity index (χ1) is 10.6. The summed E-state index contributed by atoms with van der Waals surface area (Å²) in [6, 6.07) is 5.04. The van der Waals surface area contributed by atoms with Crippen LogP contribution in [0.25, 0.3) is 10.2 Å². The Labute approximate surface area is 135 Å². The van der Waals surface area contributed by atoms with E-state index in [1.807, 2.05) is 0 Å². The molecule has 22 heavy (non-hydrogen) atoms. The lowest BCUT2D eigenvalue weighted by atomic mass is 9.98. The number of rotatable bonds is 4. The normalized spacial score (nSPS) is 24.7. The minimum absolute atomic E-state index is 0.198. The lowest BCUT2D eigenvalue weighted by Gasteiger charge is -2.43. The Morgan fingerprint density at radius 3 is 2.95 bits per heavy atom. The molecule has 0 saturated carbocycles. The van der Waals surface area contributed by atoms with E-state index in [1.165, 1.54) is 11.3 Å². The minimum atomic E-state index is -0.198. The van der Waals surface area contributed by atoms with E-state index in [2.05, 4.69) is 42.0 Å². The van der Waals surface area contributed by atoms with Crippen molar-refractivity contribution in [2.45, 2.75) is 51.7 Å². The molecule has 3 rings (SSSR count). The summed E-state index contributed by atoms with van der Waals surface area (Å²) in [4.78, 5) is 6.64. The first kappa shape index (κ1) is 15.8. The summed E-state index contributed by atoms with van der Waals surface area (Å²) in [7, 11) is 0. The molecule has 3 nitrogen and oxygen atoms in total. The highest BCUT2D eigenvalue weighted by Crippen LogP contribution is 2.31. The van der Waals surface area contributed by atoms with Crippen LogP contribution in [0.5, 0.6) is 0 Å². The number of nitrogens with one attached hydrogen (secondary N) is 1. The smallest absolute Gasteiger partial charge is 0.150 e. The average molecular weight is 321 g/mol. The van der Waals surface area contributed by atoms with Crippen LogP contribution >= 0.6 is 11.3 Å². The number of fused-ring (bicyclic) bond motifs is 1. The van der Waals surface area contributed by atoms with Crippen molar-refractivity contribution in [2.24, 2.45) is 0 Å². The number of hydrogen-bond donors (Lipinski definition) is 1. The van der Waals surface area contributed by atoms with Gasteiger partial charge in [-0.05, 0) is 37.5 Å². The second-order valence-electron chi connectivity index (χ2n) is 6.15. The van der Waals surface area contributed by atoms with Crippen molar-refractivity contribution in [3.63, 3.8) is 0 Å². The summed E-state index contributed by atoms with van der Waals surface area (Å²) in [5.74, 6) is -0.198. The highest BCUT2D eigenvalue weighted by atomic mass is 32.1. The molecule has 1 aliphatic rings. The topological polar surface area (TPSA) is 28.2 Å². The number of thiazole rings is 1. The summed E-state index contributed by atoms with van der Waals surface area (Å²) < 4.78 is 15.2. The number of halogens is 1. The van der Waals surface area contributed by atoms with Gasteiger partial charge in [-0.2, -0.15) is 0 Å². The van der Waals surface area contributed by atoms with E-state index >= 15 is 0 Å². The Kier molecular flexibility index (Phi) is 4.76. The van der Waals surface area contributed by atoms with Gasteiger partial charge in [0.25, 0.3) is 0 Å². The zero-order valence-corrected chi connectivity index (χ0v) is 14.3. The Hall–Kier alpha value is -1.04. The van der Waals surface area contributed by atoms with Crippen LogP contribution < -0.4 is 5.32 Å². The third-order valence-electron chi connectivity index (χ3n) is 4.90. The Morgan fingerprint density at radius 1 is 1.41 bits per heavy atom. The van der Waals surface area contributed by atoms with E-state index in [4.69, 9.17) is 0 Å². The van der Waals surface area contributed by atoms with Gasteiger partial charge in [-0.3, -0.25) is 4.90 Å². The Balaban J connectivity index is 1.90. The maximum absolute atomic E-state index is 14.2. The van der Waals surface area contributed by atoms with E-state index < -0.39 is 0 Å². The molecule has 120 valence electrons. The predicted molar refractivity (Wildman–Crippen MR) is 90.9 cm³/mol. The molecule has 3 atom stereocenters.